The van der Waals surface area contributed by atoms with E-state index in [-0.39, 0.29) is 18.0 Å². The summed E-state index contributed by atoms with van der Waals surface area (Å²) in [5.74, 6) is 1.92. The summed E-state index contributed by atoms with van der Waals surface area (Å²) in [6.45, 7) is 2.69. The Balaban J connectivity index is 1.51. The Morgan fingerprint density at radius 3 is 2.45 bits per heavy atom. The molecule has 3 heterocycles. The maximum atomic E-state index is 13.1. The van der Waals surface area contributed by atoms with Crippen LogP contribution in [0, 0.1) is 6.92 Å². The molecule has 0 saturated carbocycles. The highest BCUT2D eigenvalue weighted by molar-refractivity contribution is 7.89. The number of rotatable bonds is 6. The maximum Gasteiger partial charge on any atom is 0.243 e. The van der Waals surface area contributed by atoms with Crippen molar-refractivity contribution in [1.82, 2.24) is 14.3 Å². The molecule has 31 heavy (non-hydrogen) atoms. The lowest BCUT2D eigenvalue weighted by Crippen LogP contribution is -2.42. The van der Waals surface area contributed by atoms with Gasteiger partial charge in [-0.3, -0.25) is 0 Å². The number of nitrogens with one attached hydrogen (secondary N) is 1. The summed E-state index contributed by atoms with van der Waals surface area (Å²) >= 11 is 0. The van der Waals surface area contributed by atoms with Crippen LogP contribution in [0.4, 0.5) is 11.6 Å². The Hall–Kier alpha value is -3.01. The molecule has 0 spiro atoms. The van der Waals surface area contributed by atoms with Crippen LogP contribution < -0.4 is 10.1 Å². The molecule has 2 aromatic heterocycles. The predicted octanol–water partition coefficient (Wildman–Crippen LogP) is 3.30. The van der Waals surface area contributed by atoms with Crippen LogP contribution in [0.15, 0.2) is 65.6 Å². The van der Waals surface area contributed by atoms with Gasteiger partial charge in [-0.1, -0.05) is 12.1 Å². The second-order valence-corrected chi connectivity index (χ2v) is 9.07. The number of sulfonamides is 1. The molecule has 0 unspecified atom stereocenters. The number of methoxy groups -OCH3 is 1. The number of aromatic nitrogens is 2. The lowest BCUT2D eigenvalue weighted by atomic mass is 10.2. The minimum absolute atomic E-state index is 0.188. The topological polar surface area (TPSA) is 93.7 Å². The first-order valence-corrected chi connectivity index (χ1v) is 11.3. The molecule has 3 aromatic rings. The van der Waals surface area contributed by atoms with E-state index in [1.807, 2.05) is 43.3 Å². The largest absolute Gasteiger partial charge is 0.497 e. The van der Waals surface area contributed by atoms with Crippen LogP contribution in [0.25, 0.3) is 0 Å². The van der Waals surface area contributed by atoms with Gasteiger partial charge in [-0.05, 0) is 55.5 Å². The summed E-state index contributed by atoms with van der Waals surface area (Å²) in [4.78, 5) is 9.27. The molecular weight excluding hydrogens is 416 g/mol. The highest BCUT2D eigenvalue weighted by Gasteiger charge is 2.32. The monoisotopic (exact) mass is 440 g/mol. The maximum absolute atomic E-state index is 13.1. The van der Waals surface area contributed by atoms with Gasteiger partial charge < -0.3 is 14.8 Å². The van der Waals surface area contributed by atoms with Crippen molar-refractivity contribution in [2.24, 2.45) is 0 Å². The number of hydrogen-bond donors (Lipinski definition) is 1. The first-order chi connectivity index (χ1) is 15.0. The number of morpholine rings is 1. The molecule has 162 valence electrons. The Bertz CT molecular complexity index is 1150. The van der Waals surface area contributed by atoms with Crippen molar-refractivity contribution in [3.63, 3.8) is 0 Å². The van der Waals surface area contributed by atoms with Crippen LogP contribution in [-0.4, -0.2) is 49.5 Å². The van der Waals surface area contributed by atoms with E-state index >= 15 is 0 Å². The fourth-order valence-electron chi connectivity index (χ4n) is 3.36. The lowest BCUT2D eigenvalue weighted by Gasteiger charge is -2.32. The number of pyridine rings is 2. The number of benzene rings is 1. The summed E-state index contributed by atoms with van der Waals surface area (Å²) in [6.07, 6.45) is -0.464. The highest BCUT2D eigenvalue weighted by Crippen LogP contribution is 2.27. The van der Waals surface area contributed by atoms with E-state index in [0.29, 0.717) is 29.7 Å². The summed E-state index contributed by atoms with van der Waals surface area (Å²) < 4.78 is 38.6. The van der Waals surface area contributed by atoms with Crippen LogP contribution in [0.1, 0.15) is 17.5 Å². The molecule has 0 aliphatic carbocycles. The zero-order chi connectivity index (χ0) is 21.8. The van der Waals surface area contributed by atoms with E-state index in [1.165, 1.54) is 4.31 Å². The smallest absolute Gasteiger partial charge is 0.243 e. The molecule has 4 rings (SSSR count). The van der Waals surface area contributed by atoms with Crippen molar-refractivity contribution in [2.45, 2.75) is 17.9 Å². The zero-order valence-electron chi connectivity index (χ0n) is 17.4. The van der Waals surface area contributed by atoms with E-state index in [4.69, 9.17) is 9.47 Å². The molecule has 1 atom stereocenters. The standard InChI is InChI=1S/C22H24N4O4S/c1-16-5-3-7-21(23-16)25-22-8-4-6-19(24-22)20-15-26(13-14-30-20)31(27,28)18-11-9-17(29-2)10-12-18/h3-12,20H,13-15H2,1-2H3,(H,23,24,25)/t20-/m1/s1. The minimum Gasteiger partial charge on any atom is -0.497 e. The molecule has 0 radical (unpaired) electrons. The lowest BCUT2D eigenvalue weighted by molar-refractivity contribution is -0.00486. The van der Waals surface area contributed by atoms with Gasteiger partial charge in [0.25, 0.3) is 0 Å². The first-order valence-electron chi connectivity index (χ1n) is 9.89. The molecule has 0 bridgehead atoms. The summed E-state index contributed by atoms with van der Waals surface area (Å²) in [7, 11) is -2.10. The quantitative estimate of drug-likeness (QED) is 0.629. The van der Waals surface area contributed by atoms with Gasteiger partial charge >= 0.3 is 0 Å². The van der Waals surface area contributed by atoms with Crippen molar-refractivity contribution in [3.8, 4) is 5.75 Å². The molecule has 0 amide bonds. The second-order valence-electron chi connectivity index (χ2n) is 7.13. The molecule has 1 fully saturated rings. The Morgan fingerprint density at radius 2 is 1.74 bits per heavy atom. The number of hydrogen-bond acceptors (Lipinski definition) is 7. The third kappa shape index (κ3) is 4.84. The van der Waals surface area contributed by atoms with Crippen molar-refractivity contribution < 1.29 is 17.9 Å². The fourth-order valence-corrected chi connectivity index (χ4v) is 4.79. The molecular formula is C22H24N4O4S. The molecule has 8 nitrogen and oxygen atoms in total. The molecule has 1 saturated heterocycles. The third-order valence-corrected chi connectivity index (χ3v) is 6.85. The van der Waals surface area contributed by atoms with Gasteiger partial charge in [-0.15, -0.1) is 0 Å². The van der Waals surface area contributed by atoms with Crippen LogP contribution in [0.2, 0.25) is 0 Å². The van der Waals surface area contributed by atoms with Gasteiger partial charge in [0.1, 0.15) is 23.5 Å². The van der Waals surface area contributed by atoms with Crippen LogP contribution >= 0.6 is 0 Å². The average Bonchev–Trinajstić information content (AvgIpc) is 2.79. The Kier molecular flexibility index (Phi) is 6.17. The summed E-state index contributed by atoms with van der Waals surface area (Å²) in [5, 5.41) is 3.18. The van der Waals surface area contributed by atoms with Gasteiger partial charge in [-0.25, -0.2) is 18.4 Å². The average molecular weight is 441 g/mol. The Morgan fingerprint density at radius 1 is 1.03 bits per heavy atom. The van der Waals surface area contributed by atoms with Gasteiger partial charge in [-0.2, -0.15) is 4.31 Å². The Labute approximate surface area is 181 Å². The summed E-state index contributed by atoms with van der Waals surface area (Å²) in [5.41, 5.74) is 1.56. The first kappa shape index (κ1) is 21.2. The van der Waals surface area contributed by atoms with Crippen LogP contribution in [0.5, 0.6) is 5.75 Å². The molecule has 9 heteroatoms. The van der Waals surface area contributed by atoms with E-state index in [0.717, 1.165) is 5.69 Å². The van der Waals surface area contributed by atoms with Crippen molar-refractivity contribution >= 4 is 21.7 Å². The number of aryl methyl sites for hydroxylation is 1. The molecule has 1 aliphatic rings. The van der Waals surface area contributed by atoms with E-state index < -0.39 is 16.1 Å². The summed E-state index contributed by atoms with van der Waals surface area (Å²) in [6, 6.07) is 17.6. The predicted molar refractivity (Wildman–Crippen MR) is 117 cm³/mol. The van der Waals surface area contributed by atoms with E-state index in [2.05, 4.69) is 15.3 Å². The third-order valence-electron chi connectivity index (χ3n) is 4.97. The van der Waals surface area contributed by atoms with Crippen molar-refractivity contribution in [1.29, 1.82) is 0 Å². The number of nitrogens with zero attached hydrogens (tertiary/aromatic N) is 3. The number of anilines is 2. The highest BCUT2D eigenvalue weighted by atomic mass is 32.2. The normalized spacial score (nSPS) is 17.3. The molecule has 1 aromatic carbocycles. The van der Waals surface area contributed by atoms with Gasteiger partial charge in [0.2, 0.25) is 10.0 Å². The van der Waals surface area contributed by atoms with Gasteiger partial charge in [0.05, 0.1) is 24.3 Å². The second kappa shape index (κ2) is 9.01. The molecule has 1 aliphatic heterocycles. The van der Waals surface area contributed by atoms with E-state index in [1.54, 1.807) is 31.4 Å². The SMILES string of the molecule is COc1ccc(S(=O)(=O)N2CCO[C@@H](c3cccc(Nc4cccc(C)n4)n3)C2)cc1. The fraction of sp³-hybridized carbons (Fsp3) is 0.273. The van der Waals surface area contributed by atoms with Crippen LogP contribution in [0.3, 0.4) is 0 Å². The molecule has 1 N–H and O–H groups in total. The van der Waals surface area contributed by atoms with Gasteiger partial charge in [0, 0.05) is 18.8 Å². The van der Waals surface area contributed by atoms with Crippen molar-refractivity contribution in [2.75, 3.05) is 32.1 Å². The zero-order valence-corrected chi connectivity index (χ0v) is 18.2. The minimum atomic E-state index is -3.65. The van der Waals surface area contributed by atoms with Gasteiger partial charge in [0.15, 0.2) is 0 Å². The van der Waals surface area contributed by atoms with Crippen molar-refractivity contribution in [3.05, 3.63) is 72.1 Å². The number of ether oxygens (including phenoxy) is 2. The van der Waals surface area contributed by atoms with Crippen LogP contribution in [-0.2, 0) is 14.8 Å². The van der Waals surface area contributed by atoms with E-state index in [9.17, 15) is 8.42 Å².